The number of ether oxygens (including phenoxy) is 1. The van der Waals surface area contributed by atoms with Gasteiger partial charge >= 0.3 is 5.97 Å². The molecule has 0 aliphatic heterocycles. The zero-order chi connectivity index (χ0) is 21.5. The third-order valence-corrected chi connectivity index (χ3v) is 4.29. The number of amides is 1. The standard InChI is InChI=1S/C22H22FN3O4/c1-15(2)26(18-6-4-3-5-7-18)20(27)14-29-21(28)13-12-19-24-22(25-30-19)16-8-10-17(23)11-9-16/h3-11,15H,12-14H2,1-2H3. The first-order valence-corrected chi connectivity index (χ1v) is 9.55. The predicted octanol–water partition coefficient (Wildman–Crippen LogP) is 3.79. The summed E-state index contributed by atoms with van der Waals surface area (Å²) in [6, 6.07) is 14.8. The molecule has 0 spiro atoms. The van der Waals surface area contributed by atoms with Crippen molar-refractivity contribution in [2.45, 2.75) is 32.7 Å². The monoisotopic (exact) mass is 411 g/mol. The zero-order valence-electron chi connectivity index (χ0n) is 16.7. The van der Waals surface area contributed by atoms with Crippen LogP contribution in [0.25, 0.3) is 11.4 Å². The highest BCUT2D eigenvalue weighted by molar-refractivity contribution is 5.95. The number of carbonyl (C=O) groups is 2. The fourth-order valence-corrected chi connectivity index (χ4v) is 2.88. The lowest BCUT2D eigenvalue weighted by molar-refractivity contribution is -0.148. The molecular formula is C22H22FN3O4. The average molecular weight is 411 g/mol. The SMILES string of the molecule is CC(C)N(C(=O)COC(=O)CCc1nc(-c2ccc(F)cc2)no1)c1ccccc1. The number of esters is 1. The minimum absolute atomic E-state index is 0.00858. The fraction of sp³-hybridized carbons (Fsp3) is 0.273. The molecule has 0 unspecified atom stereocenters. The molecule has 0 aliphatic rings. The van der Waals surface area contributed by atoms with E-state index in [1.165, 1.54) is 24.3 Å². The number of aryl methyl sites for hydroxylation is 1. The van der Waals surface area contributed by atoms with E-state index in [4.69, 9.17) is 9.26 Å². The van der Waals surface area contributed by atoms with Gasteiger partial charge in [-0.1, -0.05) is 23.4 Å². The molecule has 3 aromatic rings. The van der Waals surface area contributed by atoms with Crippen LogP contribution in [0.4, 0.5) is 10.1 Å². The number of halogens is 1. The van der Waals surface area contributed by atoms with Gasteiger partial charge in [0.2, 0.25) is 11.7 Å². The summed E-state index contributed by atoms with van der Waals surface area (Å²) in [7, 11) is 0. The van der Waals surface area contributed by atoms with Crippen molar-refractivity contribution in [1.82, 2.24) is 10.1 Å². The molecule has 0 fully saturated rings. The number of para-hydroxylation sites is 1. The summed E-state index contributed by atoms with van der Waals surface area (Å²) in [4.78, 5) is 30.3. The molecule has 0 radical (unpaired) electrons. The lowest BCUT2D eigenvalue weighted by Gasteiger charge is -2.26. The van der Waals surface area contributed by atoms with Crippen LogP contribution in [0.15, 0.2) is 59.1 Å². The van der Waals surface area contributed by atoms with Crippen LogP contribution in [0.2, 0.25) is 0 Å². The number of hydrogen-bond acceptors (Lipinski definition) is 6. The Labute approximate surface area is 173 Å². The van der Waals surface area contributed by atoms with Crippen molar-refractivity contribution in [2.75, 3.05) is 11.5 Å². The van der Waals surface area contributed by atoms with Gasteiger partial charge in [0.05, 0.1) is 6.42 Å². The van der Waals surface area contributed by atoms with Gasteiger partial charge in [0.15, 0.2) is 6.61 Å². The van der Waals surface area contributed by atoms with E-state index in [0.29, 0.717) is 11.4 Å². The van der Waals surface area contributed by atoms with Crippen LogP contribution in [-0.2, 0) is 20.7 Å². The first-order valence-electron chi connectivity index (χ1n) is 9.55. The van der Waals surface area contributed by atoms with Crippen LogP contribution >= 0.6 is 0 Å². The Morgan fingerprint density at radius 2 is 1.80 bits per heavy atom. The van der Waals surface area contributed by atoms with E-state index in [0.717, 1.165) is 5.69 Å². The van der Waals surface area contributed by atoms with Crippen LogP contribution < -0.4 is 4.90 Å². The van der Waals surface area contributed by atoms with Crippen molar-refractivity contribution < 1.29 is 23.2 Å². The van der Waals surface area contributed by atoms with Crippen LogP contribution in [-0.4, -0.2) is 34.7 Å². The quantitative estimate of drug-likeness (QED) is 0.524. The Bertz CT molecular complexity index is 987. The van der Waals surface area contributed by atoms with Gasteiger partial charge in [0.1, 0.15) is 5.82 Å². The predicted molar refractivity (Wildman–Crippen MR) is 108 cm³/mol. The molecular weight excluding hydrogens is 389 g/mol. The van der Waals surface area contributed by atoms with Crippen molar-refractivity contribution in [3.8, 4) is 11.4 Å². The molecule has 156 valence electrons. The van der Waals surface area contributed by atoms with Crippen molar-refractivity contribution in [2.24, 2.45) is 0 Å². The number of nitrogens with zero attached hydrogens (tertiary/aromatic N) is 3. The van der Waals surface area contributed by atoms with Gasteiger partial charge in [-0.25, -0.2) is 4.39 Å². The molecule has 1 amide bonds. The molecule has 3 rings (SSSR count). The van der Waals surface area contributed by atoms with E-state index in [2.05, 4.69) is 10.1 Å². The van der Waals surface area contributed by atoms with Gasteiger partial charge in [-0.3, -0.25) is 9.59 Å². The van der Waals surface area contributed by atoms with Gasteiger partial charge in [0.25, 0.3) is 5.91 Å². The highest BCUT2D eigenvalue weighted by Crippen LogP contribution is 2.18. The molecule has 1 heterocycles. The Hall–Kier alpha value is -3.55. The molecule has 1 aromatic heterocycles. The second-order valence-electron chi connectivity index (χ2n) is 6.87. The van der Waals surface area contributed by atoms with Crippen LogP contribution in [0, 0.1) is 5.82 Å². The lowest BCUT2D eigenvalue weighted by atomic mass is 10.2. The molecule has 0 saturated carbocycles. The number of carbonyl (C=O) groups excluding carboxylic acids is 2. The van der Waals surface area contributed by atoms with Crippen LogP contribution in [0.5, 0.6) is 0 Å². The van der Waals surface area contributed by atoms with E-state index in [1.54, 1.807) is 4.90 Å². The number of anilines is 1. The average Bonchev–Trinajstić information content (AvgIpc) is 3.21. The molecule has 30 heavy (non-hydrogen) atoms. The Kier molecular flexibility index (Phi) is 6.90. The first-order chi connectivity index (χ1) is 14.4. The maximum absolute atomic E-state index is 13.0. The summed E-state index contributed by atoms with van der Waals surface area (Å²) in [5.41, 5.74) is 1.35. The van der Waals surface area contributed by atoms with E-state index < -0.39 is 5.97 Å². The van der Waals surface area contributed by atoms with E-state index >= 15 is 0 Å². The number of benzene rings is 2. The zero-order valence-corrected chi connectivity index (χ0v) is 16.7. The Balaban J connectivity index is 1.50. The van der Waals surface area contributed by atoms with Crippen molar-refractivity contribution in [3.63, 3.8) is 0 Å². The van der Waals surface area contributed by atoms with E-state index in [-0.39, 0.29) is 43.1 Å². The van der Waals surface area contributed by atoms with Crippen LogP contribution in [0.3, 0.4) is 0 Å². The molecule has 0 aliphatic carbocycles. The maximum Gasteiger partial charge on any atom is 0.306 e. The van der Waals surface area contributed by atoms with Crippen molar-refractivity contribution in [1.29, 1.82) is 0 Å². The summed E-state index contributed by atoms with van der Waals surface area (Å²) in [6.45, 7) is 3.43. The molecule has 2 aromatic carbocycles. The summed E-state index contributed by atoms with van der Waals surface area (Å²) in [6.07, 6.45) is 0.166. The molecule has 8 heteroatoms. The van der Waals surface area contributed by atoms with Gasteiger partial charge in [-0.2, -0.15) is 4.98 Å². The van der Waals surface area contributed by atoms with E-state index in [9.17, 15) is 14.0 Å². The molecule has 0 bridgehead atoms. The summed E-state index contributed by atoms with van der Waals surface area (Å²) >= 11 is 0. The summed E-state index contributed by atoms with van der Waals surface area (Å²) < 4.78 is 23.2. The number of rotatable bonds is 8. The second kappa shape index (κ2) is 9.78. The molecule has 0 atom stereocenters. The number of hydrogen-bond donors (Lipinski definition) is 0. The van der Waals surface area contributed by atoms with Gasteiger partial charge in [-0.15, -0.1) is 0 Å². The normalized spacial score (nSPS) is 10.8. The van der Waals surface area contributed by atoms with Gasteiger partial charge in [0, 0.05) is 23.7 Å². The highest BCUT2D eigenvalue weighted by atomic mass is 19.1. The van der Waals surface area contributed by atoms with E-state index in [1.807, 2.05) is 44.2 Å². The van der Waals surface area contributed by atoms with Gasteiger partial charge < -0.3 is 14.2 Å². The topological polar surface area (TPSA) is 85.5 Å². The smallest absolute Gasteiger partial charge is 0.306 e. The van der Waals surface area contributed by atoms with Gasteiger partial charge in [-0.05, 0) is 50.2 Å². The van der Waals surface area contributed by atoms with Crippen molar-refractivity contribution in [3.05, 3.63) is 66.3 Å². The third-order valence-electron chi connectivity index (χ3n) is 4.29. The number of aromatic nitrogens is 2. The molecule has 7 nitrogen and oxygen atoms in total. The van der Waals surface area contributed by atoms with Crippen LogP contribution in [0.1, 0.15) is 26.2 Å². The molecule has 0 saturated heterocycles. The second-order valence-corrected chi connectivity index (χ2v) is 6.87. The Morgan fingerprint density at radius 1 is 1.10 bits per heavy atom. The summed E-state index contributed by atoms with van der Waals surface area (Å²) in [5, 5.41) is 3.82. The fourth-order valence-electron chi connectivity index (χ4n) is 2.88. The minimum Gasteiger partial charge on any atom is -0.456 e. The maximum atomic E-state index is 13.0. The minimum atomic E-state index is -0.540. The first kappa shape index (κ1) is 21.2. The van der Waals surface area contributed by atoms with Crippen molar-refractivity contribution >= 4 is 17.6 Å². The third kappa shape index (κ3) is 5.50. The Morgan fingerprint density at radius 3 is 2.47 bits per heavy atom. The lowest BCUT2D eigenvalue weighted by Crippen LogP contribution is -2.39. The summed E-state index contributed by atoms with van der Waals surface area (Å²) in [5.74, 6) is -0.639. The molecule has 0 N–H and O–H groups in total. The highest BCUT2D eigenvalue weighted by Gasteiger charge is 2.20. The largest absolute Gasteiger partial charge is 0.456 e.